The van der Waals surface area contributed by atoms with Crippen molar-refractivity contribution in [1.82, 2.24) is 25.5 Å². The van der Waals surface area contributed by atoms with E-state index in [0.717, 1.165) is 72.6 Å². The van der Waals surface area contributed by atoms with Gasteiger partial charge >= 0.3 is 0 Å². The molecule has 7 rings (SSSR count). The molecule has 13 nitrogen and oxygen atoms in total. The minimum atomic E-state index is -0.969. The maximum atomic E-state index is 13.1. The number of aromatic nitrogens is 2. The molecule has 0 spiro atoms. The number of carbonyl (C=O) groups excluding carboxylic acids is 4. The van der Waals surface area contributed by atoms with Crippen LogP contribution in [0.1, 0.15) is 88.5 Å². The minimum absolute atomic E-state index is 0.0101. The van der Waals surface area contributed by atoms with Gasteiger partial charge < -0.3 is 25.4 Å². The van der Waals surface area contributed by atoms with Crippen molar-refractivity contribution in [1.29, 1.82) is 0 Å². The van der Waals surface area contributed by atoms with Gasteiger partial charge in [-0.15, -0.1) is 11.3 Å². The summed E-state index contributed by atoms with van der Waals surface area (Å²) in [5, 5.41) is 15.9. The first kappa shape index (κ1) is 39.4. The summed E-state index contributed by atoms with van der Waals surface area (Å²) in [6, 6.07) is 18.7. The number of unbranched alkanes of at least 4 members (excludes halogenated alkanes) is 3. The zero-order chi connectivity index (χ0) is 40.1. The zero-order valence-electron chi connectivity index (χ0n) is 32.6. The van der Waals surface area contributed by atoms with E-state index in [4.69, 9.17) is 14.5 Å². The fourth-order valence-electron chi connectivity index (χ4n) is 7.40. The molecule has 4 amide bonds. The summed E-state index contributed by atoms with van der Waals surface area (Å²) in [6.07, 6.45) is 4.36. The summed E-state index contributed by atoms with van der Waals surface area (Å²) < 4.78 is 11.0. The maximum absolute atomic E-state index is 13.1. The quantitative estimate of drug-likeness (QED) is 0.0566. The van der Waals surface area contributed by atoms with Gasteiger partial charge in [0, 0.05) is 41.5 Å². The Morgan fingerprint density at radius 1 is 0.877 bits per heavy atom. The van der Waals surface area contributed by atoms with Crippen molar-refractivity contribution in [2.75, 3.05) is 37.9 Å². The summed E-state index contributed by atoms with van der Waals surface area (Å²) >= 11 is 1.73. The molecule has 0 saturated carbocycles. The molecule has 14 heteroatoms. The summed E-state index contributed by atoms with van der Waals surface area (Å²) in [4.78, 5) is 61.5. The topological polar surface area (TPSA) is 164 Å². The predicted molar refractivity (Wildman–Crippen MR) is 221 cm³/mol. The number of methoxy groups -OCH3 is 2. The number of rotatable bonds is 17. The van der Waals surface area contributed by atoms with Crippen molar-refractivity contribution in [3.8, 4) is 22.6 Å². The van der Waals surface area contributed by atoms with Gasteiger partial charge in [-0.1, -0.05) is 37.1 Å². The monoisotopic (exact) mass is 789 g/mol. The first-order valence-electron chi connectivity index (χ1n) is 19.3. The molecule has 5 aromatic rings. The number of imide groups is 2. The molecule has 4 N–H and O–H groups in total. The number of carbonyl (C=O) groups is 4. The third-order valence-electron chi connectivity index (χ3n) is 10.4. The van der Waals surface area contributed by atoms with Crippen molar-refractivity contribution in [2.24, 2.45) is 0 Å². The second-order valence-electron chi connectivity index (χ2n) is 14.3. The third-order valence-corrected chi connectivity index (χ3v) is 11.5. The van der Waals surface area contributed by atoms with Crippen LogP contribution in [0.15, 0.2) is 66.0 Å². The molecule has 2 atom stereocenters. The number of aryl methyl sites for hydroxylation is 1. The van der Waals surface area contributed by atoms with E-state index in [0.29, 0.717) is 17.3 Å². The second-order valence-corrected chi connectivity index (χ2v) is 15.3. The van der Waals surface area contributed by atoms with E-state index in [1.165, 1.54) is 21.6 Å². The lowest BCUT2D eigenvalue weighted by molar-refractivity contribution is -0.136. The molecule has 2 unspecified atom stereocenters. The van der Waals surface area contributed by atoms with Crippen LogP contribution in [0.4, 0.5) is 11.5 Å². The van der Waals surface area contributed by atoms with E-state index in [1.807, 2.05) is 19.1 Å². The van der Waals surface area contributed by atoms with Crippen molar-refractivity contribution in [3.05, 3.63) is 93.4 Å². The molecule has 2 aliphatic rings. The Balaban J connectivity index is 0.855. The van der Waals surface area contributed by atoms with Gasteiger partial charge in [0.05, 0.1) is 36.9 Å². The largest absolute Gasteiger partial charge is 0.493 e. The average Bonchev–Trinajstić information content (AvgIpc) is 3.79. The number of hydrogen-bond donors (Lipinski definition) is 4. The second kappa shape index (κ2) is 17.5. The molecule has 3 aromatic carbocycles. The normalized spacial score (nSPS) is 15.8. The number of thiophene rings is 1. The number of ether oxygens (including phenoxy) is 2. The molecule has 296 valence electrons. The summed E-state index contributed by atoms with van der Waals surface area (Å²) in [5.41, 5.74) is 5.75. The Labute approximate surface area is 335 Å². The van der Waals surface area contributed by atoms with Crippen molar-refractivity contribution >= 4 is 57.4 Å². The first-order valence-corrected chi connectivity index (χ1v) is 20.2. The number of benzene rings is 3. The van der Waals surface area contributed by atoms with Gasteiger partial charge in [-0.05, 0) is 92.1 Å². The molecule has 4 heterocycles. The highest BCUT2D eigenvalue weighted by molar-refractivity contribution is 7.10. The fourth-order valence-corrected chi connectivity index (χ4v) is 8.32. The maximum Gasteiger partial charge on any atom is 0.262 e. The SMILES string of the molecule is COc1cc2nc(C)nc(NC(C)c3cc(-c4ccccc4CNCCCCCCNc4ccc5c(c4)C(=O)N(C4CCC(=O)NC4=O)C5=O)cs3)c2cc1OC. The van der Waals surface area contributed by atoms with Crippen LogP contribution in [0.25, 0.3) is 22.0 Å². The number of anilines is 2. The number of nitrogens with zero attached hydrogens (tertiary/aromatic N) is 3. The Morgan fingerprint density at radius 3 is 2.42 bits per heavy atom. The summed E-state index contributed by atoms with van der Waals surface area (Å²) in [6.45, 7) is 6.44. The van der Waals surface area contributed by atoms with E-state index in [1.54, 1.807) is 43.8 Å². The lowest BCUT2D eigenvalue weighted by atomic mass is 10.0. The van der Waals surface area contributed by atoms with Crippen LogP contribution in [0.5, 0.6) is 11.5 Å². The zero-order valence-corrected chi connectivity index (χ0v) is 33.4. The predicted octanol–water partition coefficient (Wildman–Crippen LogP) is 7.02. The molecular weight excluding hydrogens is 743 g/mol. The lowest BCUT2D eigenvalue weighted by Crippen LogP contribution is -2.54. The third kappa shape index (κ3) is 8.61. The van der Waals surface area contributed by atoms with Crippen LogP contribution in [0.3, 0.4) is 0 Å². The average molecular weight is 790 g/mol. The van der Waals surface area contributed by atoms with Crippen LogP contribution in [0, 0.1) is 6.92 Å². The van der Waals surface area contributed by atoms with Crippen LogP contribution < -0.4 is 30.7 Å². The number of nitrogens with one attached hydrogen (secondary N) is 4. The highest BCUT2D eigenvalue weighted by Gasteiger charge is 2.44. The van der Waals surface area contributed by atoms with Crippen LogP contribution in [0.2, 0.25) is 0 Å². The van der Waals surface area contributed by atoms with E-state index in [2.05, 4.69) is 68.9 Å². The van der Waals surface area contributed by atoms with Gasteiger partial charge in [0.1, 0.15) is 17.7 Å². The van der Waals surface area contributed by atoms with E-state index in [-0.39, 0.29) is 30.0 Å². The van der Waals surface area contributed by atoms with E-state index < -0.39 is 29.7 Å². The molecule has 1 saturated heterocycles. The van der Waals surface area contributed by atoms with E-state index >= 15 is 0 Å². The van der Waals surface area contributed by atoms with Crippen molar-refractivity contribution in [3.63, 3.8) is 0 Å². The van der Waals surface area contributed by atoms with Gasteiger partial charge in [-0.2, -0.15) is 0 Å². The Bertz CT molecular complexity index is 2330. The Kier molecular flexibility index (Phi) is 12.1. The van der Waals surface area contributed by atoms with Gasteiger partial charge in [-0.3, -0.25) is 29.4 Å². The highest BCUT2D eigenvalue weighted by Crippen LogP contribution is 2.37. The Hall–Kier alpha value is -5.86. The number of hydrogen-bond acceptors (Lipinski definition) is 12. The smallest absolute Gasteiger partial charge is 0.262 e. The van der Waals surface area contributed by atoms with Gasteiger partial charge in [0.15, 0.2) is 11.5 Å². The number of fused-ring (bicyclic) bond motifs is 2. The first-order chi connectivity index (χ1) is 27.6. The van der Waals surface area contributed by atoms with Crippen molar-refractivity contribution < 1.29 is 28.7 Å². The van der Waals surface area contributed by atoms with Crippen LogP contribution in [-0.4, -0.2) is 71.8 Å². The standard InChI is InChI=1S/C43H47N7O6S/c1-25(46-40-33-21-36(55-3)37(56-4)22-34(33)47-26(2)48-40)38-19-28(24-57-38)30-12-8-7-11-27(30)23-44-17-9-5-6-10-18-45-29-13-14-31-32(20-29)43(54)50(42(31)53)35-15-16-39(51)49-41(35)52/h7-8,11-14,19-22,24-25,35,44-45H,5-6,9-10,15-18,23H2,1-4H3,(H,46,47,48)(H,49,51,52). The molecule has 57 heavy (non-hydrogen) atoms. The molecule has 2 aromatic heterocycles. The number of piperidine rings is 1. The van der Waals surface area contributed by atoms with E-state index in [9.17, 15) is 19.2 Å². The summed E-state index contributed by atoms with van der Waals surface area (Å²) in [5.74, 6) is 0.667. The fraction of sp³-hybridized carbons (Fsp3) is 0.349. The molecule has 1 fully saturated rings. The molecule has 2 aliphatic heterocycles. The molecular formula is C43H47N7O6S. The highest BCUT2D eigenvalue weighted by atomic mass is 32.1. The molecule has 0 aliphatic carbocycles. The van der Waals surface area contributed by atoms with Gasteiger partial charge in [0.25, 0.3) is 11.8 Å². The van der Waals surface area contributed by atoms with Crippen LogP contribution >= 0.6 is 11.3 Å². The molecule has 0 bridgehead atoms. The minimum Gasteiger partial charge on any atom is -0.493 e. The lowest BCUT2D eigenvalue weighted by Gasteiger charge is -2.27. The van der Waals surface area contributed by atoms with Crippen molar-refractivity contribution in [2.45, 2.75) is 71.0 Å². The summed E-state index contributed by atoms with van der Waals surface area (Å²) in [7, 11) is 3.24. The number of amides is 4. The van der Waals surface area contributed by atoms with Crippen LogP contribution in [-0.2, 0) is 16.1 Å². The van der Waals surface area contributed by atoms with Gasteiger partial charge in [-0.25, -0.2) is 9.97 Å². The Morgan fingerprint density at radius 2 is 1.63 bits per heavy atom. The van der Waals surface area contributed by atoms with Gasteiger partial charge in [0.2, 0.25) is 11.8 Å². The molecule has 0 radical (unpaired) electrons.